The van der Waals surface area contributed by atoms with Gasteiger partial charge in [-0.1, -0.05) is 29.5 Å². The van der Waals surface area contributed by atoms with Crippen molar-refractivity contribution in [2.24, 2.45) is 0 Å². The molecule has 0 unspecified atom stereocenters. The van der Waals surface area contributed by atoms with Crippen LogP contribution in [0.25, 0.3) is 11.5 Å². The summed E-state index contributed by atoms with van der Waals surface area (Å²) in [4.78, 5) is 37.1. The van der Waals surface area contributed by atoms with Crippen LogP contribution in [0, 0.1) is 13.8 Å². The normalized spacial score (nSPS) is 10.7. The lowest BCUT2D eigenvalue weighted by Crippen LogP contribution is -2.16. The average molecular weight is 460 g/mol. The van der Waals surface area contributed by atoms with E-state index in [-0.39, 0.29) is 39.8 Å². The van der Waals surface area contributed by atoms with Crippen molar-refractivity contribution in [3.63, 3.8) is 0 Å². The molecule has 0 fully saturated rings. The van der Waals surface area contributed by atoms with Crippen molar-refractivity contribution in [1.29, 1.82) is 0 Å². The van der Waals surface area contributed by atoms with Crippen molar-refractivity contribution in [1.82, 2.24) is 10.2 Å². The van der Waals surface area contributed by atoms with Crippen molar-refractivity contribution >= 4 is 45.8 Å². The maximum Gasteiger partial charge on any atom is 0.341 e. The Balaban J connectivity index is 1.69. The molecule has 3 rings (SSSR count). The second-order valence-corrected chi connectivity index (χ2v) is 8.56. The van der Waals surface area contributed by atoms with E-state index in [0.717, 1.165) is 34.2 Å². The molecule has 2 heterocycles. The zero-order valence-electron chi connectivity index (χ0n) is 17.5. The first-order valence-electron chi connectivity index (χ1n) is 9.44. The quantitative estimate of drug-likeness (QED) is 0.297. The van der Waals surface area contributed by atoms with E-state index in [0.29, 0.717) is 16.3 Å². The lowest BCUT2D eigenvalue weighted by Gasteiger charge is -2.06. The molecule has 1 aromatic carbocycles. The van der Waals surface area contributed by atoms with Gasteiger partial charge in [-0.15, -0.1) is 21.5 Å². The van der Waals surface area contributed by atoms with Crippen molar-refractivity contribution < 1.29 is 23.5 Å². The first-order chi connectivity index (χ1) is 14.8. The van der Waals surface area contributed by atoms with Crippen LogP contribution in [-0.4, -0.2) is 40.2 Å². The first-order valence-corrected chi connectivity index (χ1v) is 11.2. The van der Waals surface area contributed by atoms with E-state index >= 15 is 0 Å². The number of Topliss-reactive ketones (excluding diaryl/α,β-unsaturated/α-hetero) is 1. The zero-order chi connectivity index (χ0) is 22.5. The number of benzene rings is 1. The number of ether oxygens (including phenoxy) is 1. The van der Waals surface area contributed by atoms with Crippen LogP contribution in [0.5, 0.6) is 0 Å². The third-order valence-corrected chi connectivity index (χ3v) is 6.32. The van der Waals surface area contributed by atoms with Gasteiger partial charge < -0.3 is 14.5 Å². The maximum atomic E-state index is 12.5. The van der Waals surface area contributed by atoms with Gasteiger partial charge in [-0.2, -0.15) is 0 Å². The van der Waals surface area contributed by atoms with Crippen LogP contribution in [-0.2, 0) is 9.53 Å². The van der Waals surface area contributed by atoms with Crippen molar-refractivity contribution in [3.05, 3.63) is 45.8 Å². The summed E-state index contributed by atoms with van der Waals surface area (Å²) < 4.78 is 10.7. The molecule has 162 valence electrons. The Bertz CT molecular complexity index is 1140. The molecular weight excluding hydrogens is 438 g/mol. The highest BCUT2D eigenvalue weighted by molar-refractivity contribution is 7.99. The number of thiophene rings is 1. The third-order valence-electron chi connectivity index (χ3n) is 4.20. The minimum Gasteiger partial charge on any atom is -0.462 e. The molecule has 0 aliphatic heterocycles. The number of thioether (sulfide) groups is 1. The van der Waals surface area contributed by atoms with Crippen LogP contribution >= 0.6 is 23.1 Å². The number of hydrogen-bond donors (Lipinski definition) is 1. The molecule has 1 amide bonds. The molecular formula is C21H21N3O5S2. The number of aryl methyl sites for hydroxylation is 1. The van der Waals surface area contributed by atoms with Crippen LogP contribution in [0.1, 0.15) is 45.0 Å². The molecule has 0 spiro atoms. The van der Waals surface area contributed by atoms with Gasteiger partial charge in [-0.05, 0) is 45.4 Å². The average Bonchev–Trinajstić information content (AvgIpc) is 3.31. The number of hydrogen-bond acceptors (Lipinski definition) is 9. The van der Waals surface area contributed by atoms with Crippen LogP contribution in [0.4, 0.5) is 5.00 Å². The number of amides is 1. The lowest BCUT2D eigenvalue weighted by atomic mass is 10.1. The Morgan fingerprint density at radius 3 is 2.68 bits per heavy atom. The SMILES string of the molecule is CCOC(=O)c1c(NC(=O)CSc2nnc(-c3cccc(C)c3)o2)sc(C(C)=O)c1C. The molecule has 0 bridgehead atoms. The molecule has 31 heavy (non-hydrogen) atoms. The number of anilines is 1. The fraction of sp³-hybridized carbons (Fsp3) is 0.286. The van der Waals surface area contributed by atoms with Crippen LogP contribution < -0.4 is 5.32 Å². The fourth-order valence-corrected chi connectivity index (χ4v) is 4.51. The van der Waals surface area contributed by atoms with Gasteiger partial charge in [0.05, 0.1) is 22.8 Å². The van der Waals surface area contributed by atoms with E-state index in [1.54, 1.807) is 13.8 Å². The Morgan fingerprint density at radius 1 is 1.23 bits per heavy atom. The van der Waals surface area contributed by atoms with Crippen LogP contribution in [0.2, 0.25) is 0 Å². The predicted molar refractivity (Wildman–Crippen MR) is 119 cm³/mol. The minimum absolute atomic E-state index is 0.00985. The molecule has 8 nitrogen and oxygen atoms in total. The van der Waals surface area contributed by atoms with Gasteiger partial charge >= 0.3 is 5.97 Å². The number of rotatable bonds is 8. The smallest absolute Gasteiger partial charge is 0.341 e. The van der Waals surface area contributed by atoms with Gasteiger partial charge in [0, 0.05) is 5.56 Å². The number of ketones is 1. The molecule has 1 N–H and O–H groups in total. The summed E-state index contributed by atoms with van der Waals surface area (Å²) in [7, 11) is 0. The van der Waals surface area contributed by atoms with Crippen LogP contribution in [0.3, 0.4) is 0 Å². The Hall–Kier alpha value is -2.98. The highest BCUT2D eigenvalue weighted by Crippen LogP contribution is 2.34. The second-order valence-electron chi connectivity index (χ2n) is 6.62. The van der Waals surface area contributed by atoms with Gasteiger partial charge in [0.2, 0.25) is 11.8 Å². The van der Waals surface area contributed by atoms with E-state index in [4.69, 9.17) is 9.15 Å². The van der Waals surface area contributed by atoms with Crippen LogP contribution in [0.15, 0.2) is 33.9 Å². The van der Waals surface area contributed by atoms with E-state index in [9.17, 15) is 14.4 Å². The van der Waals surface area contributed by atoms with Gasteiger partial charge in [0.15, 0.2) is 5.78 Å². The Morgan fingerprint density at radius 2 is 2.00 bits per heavy atom. The summed E-state index contributed by atoms with van der Waals surface area (Å²) in [5.41, 5.74) is 2.57. The minimum atomic E-state index is -0.577. The largest absolute Gasteiger partial charge is 0.462 e. The number of carbonyl (C=O) groups excluding carboxylic acids is 3. The lowest BCUT2D eigenvalue weighted by molar-refractivity contribution is -0.113. The van der Waals surface area contributed by atoms with E-state index in [2.05, 4.69) is 15.5 Å². The zero-order valence-corrected chi connectivity index (χ0v) is 19.1. The van der Waals surface area contributed by atoms with Crippen molar-refractivity contribution in [2.45, 2.75) is 32.9 Å². The molecule has 0 saturated carbocycles. The number of carbonyl (C=O) groups is 3. The molecule has 2 aromatic heterocycles. The van der Waals surface area contributed by atoms with Crippen molar-refractivity contribution in [2.75, 3.05) is 17.7 Å². The molecule has 0 aliphatic carbocycles. The number of nitrogens with one attached hydrogen (secondary N) is 1. The number of aromatic nitrogens is 2. The molecule has 0 aliphatic rings. The molecule has 0 atom stereocenters. The maximum absolute atomic E-state index is 12.5. The van der Waals surface area contributed by atoms with Gasteiger partial charge in [0.1, 0.15) is 5.00 Å². The molecule has 0 saturated heterocycles. The Kier molecular flexibility index (Phi) is 7.24. The van der Waals surface area contributed by atoms with E-state index in [1.807, 2.05) is 31.2 Å². The topological polar surface area (TPSA) is 111 Å². The summed E-state index contributed by atoms with van der Waals surface area (Å²) in [6.45, 7) is 6.92. The molecule has 10 heteroatoms. The summed E-state index contributed by atoms with van der Waals surface area (Å²) >= 11 is 2.14. The number of esters is 1. The molecule has 3 aromatic rings. The Labute approximate surface area is 187 Å². The highest BCUT2D eigenvalue weighted by Gasteiger charge is 2.25. The highest BCUT2D eigenvalue weighted by atomic mass is 32.2. The van der Waals surface area contributed by atoms with E-state index in [1.165, 1.54) is 6.92 Å². The van der Waals surface area contributed by atoms with Gasteiger partial charge in [-0.25, -0.2) is 4.79 Å². The monoisotopic (exact) mass is 459 g/mol. The summed E-state index contributed by atoms with van der Waals surface area (Å²) in [5, 5.41) is 11.2. The summed E-state index contributed by atoms with van der Waals surface area (Å²) in [6.07, 6.45) is 0. The fourth-order valence-electron chi connectivity index (χ4n) is 2.84. The summed E-state index contributed by atoms with van der Waals surface area (Å²) in [6, 6.07) is 7.66. The van der Waals surface area contributed by atoms with Gasteiger partial charge in [0.25, 0.3) is 5.22 Å². The van der Waals surface area contributed by atoms with E-state index < -0.39 is 5.97 Å². The third kappa shape index (κ3) is 5.39. The standard InChI is InChI=1S/C21H21N3O5S2/c1-5-28-20(27)16-12(3)17(13(4)25)31-19(16)22-15(26)10-30-21-24-23-18(29-21)14-8-6-7-11(2)9-14/h6-9H,5,10H2,1-4H3,(H,22,26). The molecule has 0 radical (unpaired) electrons. The number of nitrogens with zero attached hydrogens (tertiary/aromatic N) is 2. The first kappa shape index (κ1) is 22.7. The summed E-state index contributed by atoms with van der Waals surface area (Å²) in [5.74, 6) is -0.772. The predicted octanol–water partition coefficient (Wildman–Crippen LogP) is 4.53. The van der Waals surface area contributed by atoms with Gasteiger partial charge in [-0.3, -0.25) is 9.59 Å². The van der Waals surface area contributed by atoms with Crippen molar-refractivity contribution in [3.8, 4) is 11.5 Å². The second kappa shape index (κ2) is 9.88.